The highest BCUT2D eigenvalue weighted by molar-refractivity contribution is 4.74. The molecule has 1 aromatic rings. The average molecular weight is 196 g/mol. The SMILES string of the molecule is FC(F)(F)COCCc1nn[nH]n1. The Morgan fingerprint density at radius 1 is 1.38 bits per heavy atom. The molecule has 0 aromatic carbocycles. The fourth-order valence-corrected chi connectivity index (χ4v) is 0.640. The van der Waals surface area contributed by atoms with Gasteiger partial charge >= 0.3 is 6.18 Å². The van der Waals surface area contributed by atoms with Gasteiger partial charge in [0.2, 0.25) is 0 Å². The summed E-state index contributed by atoms with van der Waals surface area (Å²) >= 11 is 0. The molecule has 0 aliphatic heterocycles. The monoisotopic (exact) mass is 196 g/mol. The molecule has 0 amide bonds. The maximum absolute atomic E-state index is 11.5. The number of tetrazole rings is 1. The molecule has 8 heteroatoms. The lowest BCUT2D eigenvalue weighted by Gasteiger charge is -2.05. The Balaban J connectivity index is 2.09. The molecule has 1 rings (SSSR count). The zero-order valence-corrected chi connectivity index (χ0v) is 6.51. The molecule has 0 saturated carbocycles. The first kappa shape index (κ1) is 9.90. The number of alkyl halides is 3. The second kappa shape index (κ2) is 4.17. The van der Waals surface area contributed by atoms with Gasteiger partial charge in [0.25, 0.3) is 0 Å². The molecule has 0 radical (unpaired) electrons. The minimum Gasteiger partial charge on any atom is -0.372 e. The molecule has 0 fully saturated rings. The highest BCUT2D eigenvalue weighted by Gasteiger charge is 2.27. The summed E-state index contributed by atoms with van der Waals surface area (Å²) < 4.78 is 39.0. The summed E-state index contributed by atoms with van der Waals surface area (Å²) in [5, 5.41) is 12.5. The number of halogens is 3. The van der Waals surface area contributed by atoms with Gasteiger partial charge in [0.05, 0.1) is 6.61 Å². The molecule has 1 heterocycles. The minimum absolute atomic E-state index is 0.0704. The number of aromatic nitrogens is 4. The summed E-state index contributed by atoms with van der Waals surface area (Å²) in [5.74, 6) is 0.335. The van der Waals surface area contributed by atoms with Crippen LogP contribution in [0.5, 0.6) is 0 Å². The van der Waals surface area contributed by atoms with Crippen LogP contribution >= 0.6 is 0 Å². The molecule has 0 spiro atoms. The Morgan fingerprint density at radius 3 is 2.69 bits per heavy atom. The van der Waals surface area contributed by atoms with E-state index in [9.17, 15) is 13.2 Å². The molecular weight excluding hydrogens is 189 g/mol. The third kappa shape index (κ3) is 4.41. The molecule has 74 valence electrons. The van der Waals surface area contributed by atoms with E-state index in [0.717, 1.165) is 0 Å². The lowest BCUT2D eigenvalue weighted by atomic mass is 10.4. The van der Waals surface area contributed by atoms with E-state index in [1.165, 1.54) is 0 Å². The predicted octanol–water partition coefficient (Wildman–Crippen LogP) is 0.321. The van der Waals surface area contributed by atoms with Crippen molar-refractivity contribution in [3.63, 3.8) is 0 Å². The number of ether oxygens (including phenoxy) is 1. The zero-order chi connectivity index (χ0) is 9.73. The largest absolute Gasteiger partial charge is 0.411 e. The van der Waals surface area contributed by atoms with Gasteiger partial charge in [0, 0.05) is 6.42 Å². The summed E-state index contributed by atoms with van der Waals surface area (Å²) in [6.45, 7) is -1.32. The summed E-state index contributed by atoms with van der Waals surface area (Å²) in [6, 6.07) is 0. The molecular formula is C5H7F3N4O. The van der Waals surface area contributed by atoms with E-state index in [-0.39, 0.29) is 13.0 Å². The Hall–Kier alpha value is -1.18. The summed E-state index contributed by atoms with van der Waals surface area (Å²) in [6.07, 6.45) is -4.07. The normalized spacial score (nSPS) is 11.9. The quantitative estimate of drug-likeness (QED) is 0.704. The van der Waals surface area contributed by atoms with Crippen molar-refractivity contribution in [2.75, 3.05) is 13.2 Å². The van der Waals surface area contributed by atoms with E-state index in [1.807, 2.05) is 0 Å². The first-order valence-corrected chi connectivity index (χ1v) is 3.45. The second-order valence-corrected chi connectivity index (χ2v) is 2.25. The van der Waals surface area contributed by atoms with Crippen molar-refractivity contribution in [1.29, 1.82) is 0 Å². The van der Waals surface area contributed by atoms with E-state index in [0.29, 0.717) is 5.82 Å². The molecule has 0 unspecified atom stereocenters. The smallest absolute Gasteiger partial charge is 0.372 e. The highest BCUT2D eigenvalue weighted by Crippen LogP contribution is 2.14. The van der Waals surface area contributed by atoms with E-state index in [1.54, 1.807) is 0 Å². The van der Waals surface area contributed by atoms with Crippen LogP contribution in [0.15, 0.2) is 0 Å². The molecule has 1 aromatic heterocycles. The molecule has 13 heavy (non-hydrogen) atoms. The van der Waals surface area contributed by atoms with Crippen LogP contribution in [0.1, 0.15) is 5.82 Å². The maximum atomic E-state index is 11.5. The Labute approximate surface area is 71.3 Å². The first-order valence-electron chi connectivity index (χ1n) is 3.45. The number of nitrogens with one attached hydrogen (secondary N) is 1. The number of aromatic amines is 1. The summed E-state index contributed by atoms with van der Waals surface area (Å²) in [7, 11) is 0. The van der Waals surface area contributed by atoms with Gasteiger partial charge in [-0.1, -0.05) is 5.21 Å². The van der Waals surface area contributed by atoms with E-state index in [2.05, 4.69) is 25.4 Å². The van der Waals surface area contributed by atoms with Crippen LogP contribution in [0.25, 0.3) is 0 Å². The van der Waals surface area contributed by atoms with Gasteiger partial charge in [-0.05, 0) is 0 Å². The van der Waals surface area contributed by atoms with Crippen LogP contribution in [0.4, 0.5) is 13.2 Å². The highest BCUT2D eigenvalue weighted by atomic mass is 19.4. The fraction of sp³-hybridized carbons (Fsp3) is 0.800. The Bertz CT molecular complexity index is 234. The third-order valence-electron chi connectivity index (χ3n) is 1.12. The van der Waals surface area contributed by atoms with E-state index >= 15 is 0 Å². The standard InChI is InChI=1S/C5H7F3N4O/c6-5(7,8)3-13-2-1-4-9-11-12-10-4/h1-3H2,(H,9,10,11,12). The van der Waals surface area contributed by atoms with Crippen LogP contribution in [0, 0.1) is 0 Å². The van der Waals surface area contributed by atoms with Gasteiger partial charge in [-0.2, -0.15) is 18.4 Å². The molecule has 0 aliphatic rings. The minimum atomic E-state index is -4.28. The van der Waals surface area contributed by atoms with Crippen molar-refractivity contribution >= 4 is 0 Å². The van der Waals surface area contributed by atoms with Gasteiger partial charge in [0.1, 0.15) is 6.61 Å². The Morgan fingerprint density at radius 2 is 2.15 bits per heavy atom. The average Bonchev–Trinajstić information content (AvgIpc) is 2.48. The van der Waals surface area contributed by atoms with Gasteiger partial charge in [-0.25, -0.2) is 0 Å². The molecule has 0 bridgehead atoms. The van der Waals surface area contributed by atoms with Crippen LogP contribution in [0.3, 0.4) is 0 Å². The van der Waals surface area contributed by atoms with Crippen molar-refractivity contribution in [3.05, 3.63) is 5.82 Å². The first-order chi connectivity index (χ1) is 6.08. The topological polar surface area (TPSA) is 63.7 Å². The molecule has 0 atom stereocenters. The zero-order valence-electron chi connectivity index (χ0n) is 6.51. The van der Waals surface area contributed by atoms with Crippen LogP contribution in [0.2, 0.25) is 0 Å². The number of H-pyrrole nitrogens is 1. The van der Waals surface area contributed by atoms with E-state index < -0.39 is 12.8 Å². The van der Waals surface area contributed by atoms with Crippen LogP contribution < -0.4 is 0 Å². The number of rotatable bonds is 4. The number of hydrogen-bond acceptors (Lipinski definition) is 4. The molecule has 1 N–H and O–H groups in total. The van der Waals surface area contributed by atoms with Crippen LogP contribution in [-0.2, 0) is 11.2 Å². The lowest BCUT2D eigenvalue weighted by Crippen LogP contribution is -2.18. The summed E-state index contributed by atoms with van der Waals surface area (Å²) in [5.41, 5.74) is 0. The third-order valence-corrected chi connectivity index (χ3v) is 1.12. The summed E-state index contributed by atoms with van der Waals surface area (Å²) in [4.78, 5) is 0. The van der Waals surface area contributed by atoms with Crippen molar-refractivity contribution in [1.82, 2.24) is 20.6 Å². The van der Waals surface area contributed by atoms with Crippen molar-refractivity contribution in [2.24, 2.45) is 0 Å². The fourth-order valence-electron chi connectivity index (χ4n) is 0.640. The van der Waals surface area contributed by atoms with Crippen molar-refractivity contribution in [3.8, 4) is 0 Å². The van der Waals surface area contributed by atoms with Gasteiger partial charge in [-0.3, -0.25) is 0 Å². The van der Waals surface area contributed by atoms with Crippen molar-refractivity contribution < 1.29 is 17.9 Å². The molecule has 0 aliphatic carbocycles. The lowest BCUT2D eigenvalue weighted by molar-refractivity contribution is -0.173. The number of hydrogen-bond donors (Lipinski definition) is 1. The van der Waals surface area contributed by atoms with E-state index in [4.69, 9.17) is 0 Å². The molecule has 0 saturated heterocycles. The van der Waals surface area contributed by atoms with Crippen LogP contribution in [-0.4, -0.2) is 40.0 Å². The van der Waals surface area contributed by atoms with Gasteiger partial charge < -0.3 is 4.74 Å². The van der Waals surface area contributed by atoms with Crippen molar-refractivity contribution in [2.45, 2.75) is 12.6 Å². The maximum Gasteiger partial charge on any atom is 0.411 e. The number of nitrogens with zero attached hydrogens (tertiary/aromatic N) is 3. The predicted molar refractivity (Wildman–Crippen MR) is 34.8 cm³/mol. The molecule has 5 nitrogen and oxygen atoms in total. The van der Waals surface area contributed by atoms with Gasteiger partial charge in [-0.15, -0.1) is 10.2 Å². The van der Waals surface area contributed by atoms with Gasteiger partial charge in [0.15, 0.2) is 5.82 Å². The second-order valence-electron chi connectivity index (χ2n) is 2.25. The Kier molecular flexibility index (Phi) is 3.18.